The molecule has 0 atom stereocenters. The molecular formula is C9H7ClN2O2. The number of esters is 1. The van der Waals surface area contributed by atoms with Crippen molar-refractivity contribution in [2.45, 2.75) is 0 Å². The van der Waals surface area contributed by atoms with Crippen LogP contribution in [0.2, 0.25) is 0 Å². The second-order valence-corrected chi connectivity index (χ2v) is 3.06. The van der Waals surface area contributed by atoms with E-state index in [1.165, 1.54) is 7.11 Å². The number of hydrogen-bond donors (Lipinski definition) is 0. The monoisotopic (exact) mass is 210 g/mol. The summed E-state index contributed by atoms with van der Waals surface area (Å²) < 4.78 is 5.77. The maximum Gasteiger partial charge on any atom is 0.340 e. The van der Waals surface area contributed by atoms with Gasteiger partial charge in [0.05, 0.1) is 18.9 Å². The third-order valence-corrected chi connectivity index (χ3v) is 2.21. The molecule has 1 heterocycles. The molecule has 0 unspecified atom stereocenters. The Hall–Kier alpha value is -1.55. The lowest BCUT2D eigenvalue weighted by Crippen LogP contribution is -2.03. The van der Waals surface area contributed by atoms with Crippen molar-refractivity contribution < 1.29 is 9.53 Å². The molecule has 0 aliphatic carbocycles. The fourth-order valence-electron chi connectivity index (χ4n) is 1.32. The zero-order chi connectivity index (χ0) is 10.1. The smallest absolute Gasteiger partial charge is 0.340 e. The Bertz CT molecular complexity index is 493. The van der Waals surface area contributed by atoms with Crippen LogP contribution in [0.4, 0.5) is 0 Å². The Kier molecular flexibility index (Phi) is 2.13. The minimum atomic E-state index is -0.419. The van der Waals surface area contributed by atoms with Crippen molar-refractivity contribution in [3.05, 3.63) is 30.0 Å². The second kappa shape index (κ2) is 3.31. The van der Waals surface area contributed by atoms with Gasteiger partial charge in [-0.3, -0.25) is 0 Å². The highest BCUT2D eigenvalue weighted by atomic mass is 35.5. The molecule has 0 saturated heterocycles. The van der Waals surface area contributed by atoms with Crippen molar-refractivity contribution >= 4 is 28.6 Å². The van der Waals surface area contributed by atoms with Crippen LogP contribution in [0.3, 0.4) is 0 Å². The van der Waals surface area contributed by atoms with Gasteiger partial charge in [0.15, 0.2) is 0 Å². The van der Waals surface area contributed by atoms with E-state index < -0.39 is 5.97 Å². The number of carbonyl (C=O) groups is 1. The summed E-state index contributed by atoms with van der Waals surface area (Å²) in [6.07, 6.45) is 1.59. The van der Waals surface area contributed by atoms with Gasteiger partial charge in [-0.25, -0.2) is 4.79 Å². The summed E-state index contributed by atoms with van der Waals surface area (Å²) in [5.41, 5.74) is 0.985. The van der Waals surface area contributed by atoms with Gasteiger partial charge < -0.3 is 4.74 Å². The molecule has 0 aliphatic rings. The van der Waals surface area contributed by atoms with E-state index >= 15 is 0 Å². The van der Waals surface area contributed by atoms with E-state index in [0.29, 0.717) is 11.1 Å². The molecule has 2 rings (SSSR count). The van der Waals surface area contributed by atoms with Crippen LogP contribution in [0.5, 0.6) is 0 Å². The van der Waals surface area contributed by atoms with E-state index in [1.54, 1.807) is 18.3 Å². The lowest BCUT2D eigenvalue weighted by molar-refractivity contribution is 0.0602. The zero-order valence-electron chi connectivity index (χ0n) is 7.40. The van der Waals surface area contributed by atoms with Crippen molar-refractivity contribution in [2.24, 2.45) is 0 Å². The van der Waals surface area contributed by atoms with E-state index in [1.807, 2.05) is 6.07 Å². The quantitative estimate of drug-likeness (QED) is 0.675. The zero-order valence-corrected chi connectivity index (χ0v) is 8.15. The van der Waals surface area contributed by atoms with Crippen LogP contribution in [0.15, 0.2) is 24.4 Å². The van der Waals surface area contributed by atoms with E-state index in [0.717, 1.165) is 9.59 Å². The second-order valence-electron chi connectivity index (χ2n) is 2.74. The van der Waals surface area contributed by atoms with Gasteiger partial charge in [-0.05, 0) is 6.07 Å². The first-order chi connectivity index (χ1) is 6.74. The summed E-state index contributed by atoms with van der Waals surface area (Å²) in [6, 6.07) is 5.23. The van der Waals surface area contributed by atoms with Crippen LogP contribution in [0.25, 0.3) is 10.9 Å². The molecule has 0 spiro atoms. The van der Waals surface area contributed by atoms with Crippen molar-refractivity contribution in [1.29, 1.82) is 0 Å². The Morgan fingerprint density at radius 2 is 2.36 bits per heavy atom. The van der Waals surface area contributed by atoms with Gasteiger partial charge in [0.1, 0.15) is 5.52 Å². The predicted octanol–water partition coefficient (Wildman–Crippen LogP) is 1.82. The number of methoxy groups -OCH3 is 1. The average Bonchev–Trinajstić information content (AvgIpc) is 2.59. The van der Waals surface area contributed by atoms with E-state index in [-0.39, 0.29) is 0 Å². The standard InChI is InChI=1S/C9H7ClN2O2/c1-14-9(13)7-4-2-3-6-5-11-12(10)8(6)7/h2-5H,1H3. The minimum Gasteiger partial charge on any atom is -0.465 e. The summed E-state index contributed by atoms with van der Waals surface area (Å²) in [4.78, 5) is 11.4. The fraction of sp³-hybridized carbons (Fsp3) is 0.111. The molecule has 0 N–H and O–H groups in total. The number of rotatable bonds is 1. The van der Waals surface area contributed by atoms with Crippen LogP contribution in [0, 0.1) is 0 Å². The van der Waals surface area contributed by atoms with Gasteiger partial charge in [-0.15, -0.1) is 0 Å². The molecule has 4 nitrogen and oxygen atoms in total. The molecule has 1 aromatic heterocycles. The normalized spacial score (nSPS) is 10.4. The first-order valence-corrected chi connectivity index (χ1v) is 4.29. The van der Waals surface area contributed by atoms with Gasteiger partial charge in [0.2, 0.25) is 0 Å². The summed E-state index contributed by atoms with van der Waals surface area (Å²) in [7, 11) is 1.33. The molecule has 1 aromatic carbocycles. The van der Waals surface area contributed by atoms with E-state index in [4.69, 9.17) is 11.8 Å². The Labute approximate surface area is 85.1 Å². The third kappa shape index (κ3) is 1.24. The van der Waals surface area contributed by atoms with Crippen molar-refractivity contribution in [2.75, 3.05) is 7.11 Å². The van der Waals surface area contributed by atoms with Gasteiger partial charge >= 0.3 is 5.97 Å². The number of nitrogens with zero attached hydrogens (tertiary/aromatic N) is 2. The Morgan fingerprint density at radius 3 is 3.07 bits per heavy atom. The average molecular weight is 211 g/mol. The van der Waals surface area contributed by atoms with Gasteiger partial charge in [0, 0.05) is 17.2 Å². The predicted molar refractivity (Wildman–Crippen MR) is 52.3 cm³/mol. The number of para-hydroxylation sites is 1. The third-order valence-electron chi connectivity index (χ3n) is 1.96. The number of ether oxygens (including phenoxy) is 1. The van der Waals surface area contributed by atoms with Crippen molar-refractivity contribution in [1.82, 2.24) is 9.30 Å². The molecule has 14 heavy (non-hydrogen) atoms. The van der Waals surface area contributed by atoms with Crippen molar-refractivity contribution in [3.8, 4) is 0 Å². The highest BCUT2D eigenvalue weighted by Gasteiger charge is 2.13. The lowest BCUT2D eigenvalue weighted by atomic mass is 10.1. The largest absolute Gasteiger partial charge is 0.465 e. The number of halogens is 1. The molecule has 0 fully saturated rings. The van der Waals surface area contributed by atoms with Crippen LogP contribution < -0.4 is 0 Å². The van der Waals surface area contributed by atoms with Crippen molar-refractivity contribution in [3.63, 3.8) is 0 Å². The minimum absolute atomic E-state index is 0.414. The summed E-state index contributed by atoms with van der Waals surface area (Å²) >= 11 is 5.78. The number of hydrogen-bond acceptors (Lipinski definition) is 3. The molecule has 0 saturated carbocycles. The van der Waals surface area contributed by atoms with Gasteiger partial charge in [-0.1, -0.05) is 12.1 Å². The van der Waals surface area contributed by atoms with Crippen LogP contribution in [0.1, 0.15) is 10.4 Å². The SMILES string of the molecule is COC(=O)c1cccc2cnn(Cl)c12. The molecule has 0 amide bonds. The fourth-order valence-corrected chi connectivity index (χ4v) is 1.55. The number of aromatic nitrogens is 2. The van der Waals surface area contributed by atoms with Crippen LogP contribution in [-0.2, 0) is 4.74 Å². The number of fused-ring (bicyclic) bond motifs is 1. The number of benzene rings is 1. The van der Waals surface area contributed by atoms with E-state index in [9.17, 15) is 4.79 Å². The van der Waals surface area contributed by atoms with Gasteiger partial charge in [0.25, 0.3) is 0 Å². The maximum absolute atomic E-state index is 11.4. The molecule has 5 heteroatoms. The summed E-state index contributed by atoms with van der Waals surface area (Å²) in [5.74, 6) is -0.419. The Balaban J connectivity index is 2.75. The molecular weight excluding hydrogens is 204 g/mol. The van der Waals surface area contributed by atoms with E-state index in [2.05, 4.69) is 9.84 Å². The molecule has 0 aliphatic heterocycles. The summed E-state index contributed by atoms with van der Waals surface area (Å²) in [6.45, 7) is 0. The summed E-state index contributed by atoms with van der Waals surface area (Å²) in [5, 5.41) is 4.66. The molecule has 72 valence electrons. The first kappa shape index (κ1) is 9.02. The highest BCUT2D eigenvalue weighted by Crippen LogP contribution is 2.19. The number of carbonyl (C=O) groups excluding carboxylic acids is 1. The Morgan fingerprint density at radius 1 is 1.57 bits per heavy atom. The van der Waals surface area contributed by atoms with Crippen LogP contribution >= 0.6 is 11.8 Å². The van der Waals surface area contributed by atoms with Crippen LogP contribution in [-0.4, -0.2) is 22.4 Å². The lowest BCUT2D eigenvalue weighted by Gasteiger charge is -2.00. The highest BCUT2D eigenvalue weighted by molar-refractivity contribution is 6.20. The molecule has 2 aromatic rings. The maximum atomic E-state index is 11.4. The first-order valence-electron chi connectivity index (χ1n) is 3.95. The molecule has 0 radical (unpaired) electrons. The topological polar surface area (TPSA) is 44.1 Å². The van der Waals surface area contributed by atoms with Gasteiger partial charge in [-0.2, -0.15) is 9.30 Å². The molecule has 0 bridgehead atoms.